The molecule has 3 aromatic heterocycles. The van der Waals surface area contributed by atoms with Crippen LogP contribution in [0.25, 0.3) is 0 Å². The smallest absolute Gasteiger partial charge is 0.275 e. The van der Waals surface area contributed by atoms with E-state index < -0.39 is 0 Å². The third-order valence-electron chi connectivity index (χ3n) is 4.15. The highest BCUT2D eigenvalue weighted by atomic mass is 32.1. The Hall–Kier alpha value is -1.96. The zero-order valence-corrected chi connectivity index (χ0v) is 14.8. The summed E-state index contributed by atoms with van der Waals surface area (Å²) in [5.74, 6) is -0.00185. The highest BCUT2D eigenvalue weighted by Gasteiger charge is 2.26. The molecule has 3 aromatic rings. The molecule has 0 saturated heterocycles. The number of amides is 1. The largest absolute Gasteiger partial charge is 0.327 e. The van der Waals surface area contributed by atoms with Crippen LogP contribution in [0.1, 0.15) is 31.5 Å². The zero-order valence-electron chi connectivity index (χ0n) is 13.1. The van der Waals surface area contributed by atoms with Gasteiger partial charge in [0.25, 0.3) is 5.91 Å². The second kappa shape index (κ2) is 6.88. The lowest BCUT2D eigenvalue weighted by atomic mass is 10.1. The van der Waals surface area contributed by atoms with Crippen LogP contribution in [0.5, 0.6) is 0 Å². The Balaban J connectivity index is 1.61. The third kappa shape index (κ3) is 3.15. The Morgan fingerprint density at radius 3 is 2.50 bits per heavy atom. The van der Waals surface area contributed by atoms with Gasteiger partial charge in [0.05, 0.1) is 13.1 Å². The van der Waals surface area contributed by atoms with Crippen molar-refractivity contribution in [3.8, 4) is 0 Å². The number of fused-ring (bicyclic) bond motifs is 1. The summed E-state index contributed by atoms with van der Waals surface area (Å²) in [6.45, 7) is 2.86. The minimum Gasteiger partial charge on any atom is -0.327 e. The van der Waals surface area contributed by atoms with Gasteiger partial charge in [-0.15, -0.1) is 22.7 Å². The Kier molecular flexibility index (Phi) is 4.46. The van der Waals surface area contributed by atoms with Gasteiger partial charge < -0.3 is 10.2 Å². The van der Waals surface area contributed by atoms with Crippen LogP contribution in [0, 0.1) is 0 Å². The first-order valence-electron chi connectivity index (χ1n) is 7.92. The fourth-order valence-corrected chi connectivity index (χ4v) is 4.37. The van der Waals surface area contributed by atoms with Crippen LogP contribution in [0.2, 0.25) is 0 Å². The molecule has 24 heavy (non-hydrogen) atoms. The number of carbonyl (C=O) groups is 1. The lowest BCUT2D eigenvalue weighted by Crippen LogP contribution is -2.32. The first-order valence-corrected chi connectivity index (χ1v) is 9.68. The molecule has 4 rings (SSSR count). The van der Waals surface area contributed by atoms with Crippen LogP contribution >= 0.6 is 22.7 Å². The van der Waals surface area contributed by atoms with Crippen LogP contribution in [0.15, 0.2) is 35.0 Å². The van der Waals surface area contributed by atoms with Gasteiger partial charge in [0, 0.05) is 40.5 Å². The first kappa shape index (κ1) is 15.6. The van der Waals surface area contributed by atoms with E-state index in [1.807, 2.05) is 27.8 Å². The second-order valence-corrected chi connectivity index (χ2v) is 7.84. The molecule has 1 amide bonds. The minimum absolute atomic E-state index is 0.00185. The van der Waals surface area contributed by atoms with Crippen molar-refractivity contribution in [2.75, 3.05) is 6.54 Å². The quantitative estimate of drug-likeness (QED) is 0.737. The van der Waals surface area contributed by atoms with Gasteiger partial charge >= 0.3 is 0 Å². The molecule has 0 radical (unpaired) electrons. The van der Waals surface area contributed by atoms with Gasteiger partial charge in [0.2, 0.25) is 0 Å². The SMILES string of the molecule is O=C(c1n[nH]c2c1CNCC2)N(Cc1cccs1)Cc1cccs1. The summed E-state index contributed by atoms with van der Waals surface area (Å²) in [4.78, 5) is 17.4. The van der Waals surface area contributed by atoms with Crippen LogP contribution < -0.4 is 5.32 Å². The van der Waals surface area contributed by atoms with Crippen molar-refractivity contribution in [2.45, 2.75) is 26.1 Å². The van der Waals surface area contributed by atoms with Crippen molar-refractivity contribution >= 4 is 28.6 Å². The maximum atomic E-state index is 13.2. The van der Waals surface area contributed by atoms with E-state index in [1.54, 1.807) is 22.7 Å². The molecule has 0 bridgehead atoms. The molecule has 0 unspecified atom stereocenters. The monoisotopic (exact) mass is 358 g/mol. The number of H-pyrrole nitrogens is 1. The predicted octanol–water partition coefficient (Wildman–Crippen LogP) is 3.02. The second-order valence-electron chi connectivity index (χ2n) is 5.78. The van der Waals surface area contributed by atoms with Crippen molar-refractivity contribution in [1.82, 2.24) is 20.4 Å². The molecule has 0 atom stereocenters. The Labute approximate surface area is 148 Å². The van der Waals surface area contributed by atoms with Crippen LogP contribution in [0.3, 0.4) is 0 Å². The summed E-state index contributed by atoms with van der Waals surface area (Å²) in [6.07, 6.45) is 0.894. The van der Waals surface area contributed by atoms with Crippen molar-refractivity contribution in [3.05, 3.63) is 61.7 Å². The van der Waals surface area contributed by atoms with Gasteiger partial charge in [0.1, 0.15) is 0 Å². The van der Waals surface area contributed by atoms with E-state index in [1.165, 1.54) is 9.75 Å². The molecule has 1 aliphatic rings. The molecule has 4 heterocycles. The van der Waals surface area contributed by atoms with Gasteiger partial charge in [-0.25, -0.2) is 0 Å². The van der Waals surface area contributed by atoms with E-state index in [4.69, 9.17) is 0 Å². The van der Waals surface area contributed by atoms with Crippen molar-refractivity contribution in [3.63, 3.8) is 0 Å². The predicted molar refractivity (Wildman–Crippen MR) is 96.2 cm³/mol. The first-order chi connectivity index (χ1) is 11.8. The lowest BCUT2D eigenvalue weighted by molar-refractivity contribution is 0.0726. The maximum Gasteiger partial charge on any atom is 0.275 e. The van der Waals surface area contributed by atoms with Gasteiger partial charge in [-0.1, -0.05) is 12.1 Å². The fourth-order valence-electron chi connectivity index (χ4n) is 2.93. The number of carbonyl (C=O) groups excluding carboxylic acids is 1. The van der Waals surface area contributed by atoms with Crippen molar-refractivity contribution in [2.24, 2.45) is 0 Å². The lowest BCUT2D eigenvalue weighted by Gasteiger charge is -2.22. The number of rotatable bonds is 5. The maximum absolute atomic E-state index is 13.2. The molecule has 0 aromatic carbocycles. The van der Waals surface area contributed by atoms with E-state index in [0.717, 1.165) is 24.2 Å². The molecular weight excluding hydrogens is 340 g/mol. The fraction of sp³-hybridized carbons (Fsp3) is 0.294. The molecule has 0 aliphatic carbocycles. The normalized spacial score (nSPS) is 13.7. The van der Waals surface area contributed by atoms with E-state index in [0.29, 0.717) is 25.3 Å². The number of nitrogens with zero attached hydrogens (tertiary/aromatic N) is 2. The molecule has 1 aliphatic heterocycles. The van der Waals surface area contributed by atoms with Crippen LogP contribution in [-0.2, 0) is 26.1 Å². The van der Waals surface area contributed by atoms with Gasteiger partial charge in [0.15, 0.2) is 5.69 Å². The molecule has 7 heteroatoms. The van der Waals surface area contributed by atoms with E-state index in [2.05, 4.69) is 27.6 Å². The van der Waals surface area contributed by atoms with Gasteiger partial charge in [-0.3, -0.25) is 9.89 Å². The summed E-state index contributed by atoms with van der Waals surface area (Å²) >= 11 is 3.35. The summed E-state index contributed by atoms with van der Waals surface area (Å²) in [6, 6.07) is 8.18. The Morgan fingerprint density at radius 1 is 1.17 bits per heavy atom. The number of hydrogen-bond donors (Lipinski definition) is 2. The molecule has 124 valence electrons. The summed E-state index contributed by atoms with van der Waals surface area (Å²) in [5.41, 5.74) is 2.67. The number of thiophene rings is 2. The van der Waals surface area contributed by atoms with Gasteiger partial charge in [-0.2, -0.15) is 5.10 Å². The van der Waals surface area contributed by atoms with Crippen molar-refractivity contribution < 1.29 is 4.79 Å². The number of aromatic nitrogens is 2. The van der Waals surface area contributed by atoms with Crippen LogP contribution in [0.4, 0.5) is 0 Å². The summed E-state index contributed by atoms with van der Waals surface area (Å²) in [5, 5.41) is 14.8. The summed E-state index contributed by atoms with van der Waals surface area (Å²) < 4.78 is 0. The zero-order chi connectivity index (χ0) is 16.4. The van der Waals surface area contributed by atoms with Crippen molar-refractivity contribution in [1.29, 1.82) is 0 Å². The Morgan fingerprint density at radius 2 is 1.88 bits per heavy atom. The highest BCUT2D eigenvalue weighted by Crippen LogP contribution is 2.22. The molecule has 0 spiro atoms. The third-order valence-corrected chi connectivity index (χ3v) is 5.87. The minimum atomic E-state index is -0.00185. The molecule has 2 N–H and O–H groups in total. The highest BCUT2D eigenvalue weighted by molar-refractivity contribution is 7.10. The Bertz CT molecular complexity index is 772. The number of aromatic amines is 1. The topological polar surface area (TPSA) is 61.0 Å². The standard InChI is InChI=1S/C17H18N4OS2/c22-17(16-14-9-18-6-5-15(14)19-20-16)21(10-12-3-1-7-23-12)11-13-4-2-8-24-13/h1-4,7-8,18H,5-6,9-11H2,(H,19,20). The average molecular weight is 358 g/mol. The van der Waals surface area contributed by atoms with Crippen LogP contribution in [-0.4, -0.2) is 27.5 Å². The van der Waals surface area contributed by atoms with Gasteiger partial charge in [-0.05, 0) is 22.9 Å². The van der Waals surface area contributed by atoms with E-state index >= 15 is 0 Å². The molecule has 0 fully saturated rings. The molecule has 0 saturated carbocycles. The van der Waals surface area contributed by atoms with E-state index in [9.17, 15) is 4.79 Å². The molecule has 5 nitrogen and oxygen atoms in total. The number of hydrogen-bond acceptors (Lipinski definition) is 5. The van der Waals surface area contributed by atoms with E-state index in [-0.39, 0.29) is 5.91 Å². The summed E-state index contributed by atoms with van der Waals surface area (Å²) in [7, 11) is 0. The number of nitrogens with one attached hydrogen (secondary N) is 2. The average Bonchev–Trinajstić information content (AvgIpc) is 3.35. The molecular formula is C17H18N4OS2.